The number of benzene rings is 2. The predicted molar refractivity (Wildman–Crippen MR) is 111 cm³/mol. The second kappa shape index (κ2) is 9.37. The van der Waals surface area contributed by atoms with Gasteiger partial charge in [-0.3, -0.25) is 9.78 Å². The maximum Gasteiger partial charge on any atom is 0.248 e. The standard InChI is InChI=1S/C23H22N2O3/c1-27-21-14-19(15-22(16-21)28-2)5-8-23(26)25-20-6-3-17(4-7-20)13-18-9-11-24-12-10-18/h3-12,14-16H,13H2,1-2H3,(H,25,26)/b8-5+. The molecule has 2 aromatic carbocycles. The van der Waals surface area contributed by atoms with Crippen LogP contribution in [0.3, 0.4) is 0 Å². The lowest BCUT2D eigenvalue weighted by molar-refractivity contribution is -0.111. The Labute approximate surface area is 164 Å². The van der Waals surface area contributed by atoms with E-state index in [-0.39, 0.29) is 5.91 Å². The molecule has 0 saturated carbocycles. The van der Waals surface area contributed by atoms with Crippen LogP contribution in [-0.2, 0) is 11.2 Å². The minimum absolute atomic E-state index is 0.205. The lowest BCUT2D eigenvalue weighted by Gasteiger charge is -2.06. The first-order valence-electron chi connectivity index (χ1n) is 8.86. The number of nitrogens with one attached hydrogen (secondary N) is 1. The molecule has 0 aliphatic heterocycles. The van der Waals surface area contributed by atoms with Crippen molar-refractivity contribution in [2.75, 3.05) is 19.5 Å². The molecular weight excluding hydrogens is 352 g/mol. The summed E-state index contributed by atoms with van der Waals surface area (Å²) in [4.78, 5) is 16.2. The largest absolute Gasteiger partial charge is 0.497 e. The van der Waals surface area contributed by atoms with Crippen LogP contribution in [0.2, 0.25) is 0 Å². The van der Waals surface area contributed by atoms with Crippen molar-refractivity contribution in [1.82, 2.24) is 4.98 Å². The molecule has 0 fully saturated rings. The Morgan fingerprint density at radius 1 is 0.929 bits per heavy atom. The molecule has 3 aromatic rings. The van der Waals surface area contributed by atoms with E-state index in [1.807, 2.05) is 48.5 Å². The summed E-state index contributed by atoms with van der Waals surface area (Å²) in [6.45, 7) is 0. The molecule has 0 unspecified atom stereocenters. The Hall–Kier alpha value is -3.60. The van der Waals surface area contributed by atoms with Crippen molar-refractivity contribution in [2.45, 2.75) is 6.42 Å². The van der Waals surface area contributed by atoms with Crippen molar-refractivity contribution >= 4 is 17.7 Å². The fourth-order valence-electron chi connectivity index (χ4n) is 2.72. The molecule has 0 aliphatic rings. The minimum Gasteiger partial charge on any atom is -0.497 e. The SMILES string of the molecule is COc1cc(/C=C/C(=O)Nc2ccc(Cc3ccncc3)cc2)cc(OC)c1. The van der Waals surface area contributed by atoms with Crippen LogP contribution in [-0.4, -0.2) is 25.1 Å². The Bertz CT molecular complexity index is 929. The lowest BCUT2D eigenvalue weighted by atomic mass is 10.1. The zero-order valence-electron chi connectivity index (χ0n) is 15.9. The highest BCUT2D eigenvalue weighted by Crippen LogP contribution is 2.23. The number of carbonyl (C=O) groups is 1. The molecule has 5 heteroatoms. The maximum atomic E-state index is 12.2. The van der Waals surface area contributed by atoms with Crippen LogP contribution < -0.4 is 14.8 Å². The van der Waals surface area contributed by atoms with Crippen LogP contribution in [0.15, 0.2) is 73.1 Å². The van der Waals surface area contributed by atoms with Crippen LogP contribution in [0, 0.1) is 0 Å². The fourth-order valence-corrected chi connectivity index (χ4v) is 2.72. The second-order valence-electron chi connectivity index (χ2n) is 6.20. The number of anilines is 1. The van der Waals surface area contributed by atoms with Crippen molar-refractivity contribution in [3.8, 4) is 11.5 Å². The third kappa shape index (κ3) is 5.45. The van der Waals surface area contributed by atoms with Gasteiger partial charge < -0.3 is 14.8 Å². The molecule has 1 heterocycles. The molecule has 142 valence electrons. The number of ether oxygens (including phenoxy) is 2. The zero-order valence-corrected chi connectivity index (χ0v) is 15.9. The number of nitrogens with zero attached hydrogens (tertiary/aromatic N) is 1. The first kappa shape index (κ1) is 19.2. The summed E-state index contributed by atoms with van der Waals surface area (Å²) in [6.07, 6.45) is 7.61. The number of amides is 1. The van der Waals surface area contributed by atoms with E-state index in [1.54, 1.807) is 38.8 Å². The first-order valence-corrected chi connectivity index (χ1v) is 8.86. The monoisotopic (exact) mass is 374 g/mol. The highest BCUT2D eigenvalue weighted by atomic mass is 16.5. The lowest BCUT2D eigenvalue weighted by Crippen LogP contribution is -2.07. The Morgan fingerprint density at radius 3 is 2.14 bits per heavy atom. The van der Waals surface area contributed by atoms with E-state index < -0.39 is 0 Å². The third-order valence-electron chi connectivity index (χ3n) is 4.18. The van der Waals surface area contributed by atoms with Crippen molar-refractivity contribution in [2.24, 2.45) is 0 Å². The van der Waals surface area contributed by atoms with Crippen LogP contribution in [0.5, 0.6) is 11.5 Å². The summed E-state index contributed by atoms with van der Waals surface area (Å²) in [6, 6.07) is 17.3. The van der Waals surface area contributed by atoms with E-state index in [4.69, 9.17) is 9.47 Å². The summed E-state index contributed by atoms with van der Waals surface area (Å²) in [7, 11) is 3.18. The molecule has 0 spiro atoms. The summed E-state index contributed by atoms with van der Waals surface area (Å²) in [5.41, 5.74) is 3.93. The number of hydrogen-bond acceptors (Lipinski definition) is 4. The van der Waals surface area contributed by atoms with Gasteiger partial charge >= 0.3 is 0 Å². The van der Waals surface area contributed by atoms with Gasteiger partial charge in [0.2, 0.25) is 5.91 Å². The number of aromatic nitrogens is 1. The molecule has 0 aliphatic carbocycles. The van der Waals surface area contributed by atoms with Gasteiger partial charge in [0.1, 0.15) is 11.5 Å². The van der Waals surface area contributed by atoms with Crippen LogP contribution in [0.1, 0.15) is 16.7 Å². The van der Waals surface area contributed by atoms with E-state index in [2.05, 4.69) is 10.3 Å². The third-order valence-corrected chi connectivity index (χ3v) is 4.18. The molecule has 1 aromatic heterocycles. The number of hydrogen-bond donors (Lipinski definition) is 1. The van der Waals surface area contributed by atoms with Crippen molar-refractivity contribution in [3.63, 3.8) is 0 Å². The van der Waals surface area contributed by atoms with E-state index in [1.165, 1.54) is 17.2 Å². The van der Waals surface area contributed by atoms with Gasteiger partial charge in [0.15, 0.2) is 0 Å². The van der Waals surface area contributed by atoms with Gasteiger partial charge in [0, 0.05) is 30.2 Å². The fraction of sp³-hybridized carbons (Fsp3) is 0.130. The van der Waals surface area contributed by atoms with Gasteiger partial charge in [-0.25, -0.2) is 0 Å². The number of methoxy groups -OCH3 is 2. The Balaban J connectivity index is 1.61. The molecule has 0 bridgehead atoms. The normalized spacial score (nSPS) is 10.6. The van der Waals surface area contributed by atoms with E-state index in [0.29, 0.717) is 11.5 Å². The molecule has 0 atom stereocenters. The molecule has 28 heavy (non-hydrogen) atoms. The average Bonchev–Trinajstić information content (AvgIpc) is 2.74. The van der Waals surface area contributed by atoms with Gasteiger partial charge in [-0.1, -0.05) is 12.1 Å². The highest BCUT2D eigenvalue weighted by molar-refractivity contribution is 6.01. The van der Waals surface area contributed by atoms with E-state index >= 15 is 0 Å². The number of rotatable bonds is 7. The summed E-state index contributed by atoms with van der Waals surface area (Å²) in [5.74, 6) is 1.14. The molecule has 0 radical (unpaired) electrons. The van der Waals surface area contributed by atoms with E-state index in [9.17, 15) is 4.79 Å². The molecular formula is C23H22N2O3. The van der Waals surface area contributed by atoms with Gasteiger partial charge in [-0.15, -0.1) is 0 Å². The maximum absolute atomic E-state index is 12.2. The van der Waals surface area contributed by atoms with E-state index in [0.717, 1.165) is 17.7 Å². The Morgan fingerprint density at radius 2 is 1.54 bits per heavy atom. The van der Waals surface area contributed by atoms with Crippen molar-refractivity contribution in [1.29, 1.82) is 0 Å². The summed E-state index contributed by atoms with van der Waals surface area (Å²) >= 11 is 0. The van der Waals surface area contributed by atoms with Crippen LogP contribution >= 0.6 is 0 Å². The van der Waals surface area contributed by atoms with Crippen LogP contribution in [0.4, 0.5) is 5.69 Å². The van der Waals surface area contributed by atoms with Crippen molar-refractivity contribution < 1.29 is 14.3 Å². The minimum atomic E-state index is -0.205. The molecule has 3 rings (SSSR count). The quantitative estimate of drug-likeness (QED) is 0.625. The average molecular weight is 374 g/mol. The van der Waals surface area contributed by atoms with Gasteiger partial charge in [-0.2, -0.15) is 0 Å². The molecule has 5 nitrogen and oxygen atoms in total. The molecule has 0 saturated heterocycles. The predicted octanol–water partition coefficient (Wildman–Crippen LogP) is 4.34. The van der Waals surface area contributed by atoms with Crippen molar-refractivity contribution in [3.05, 3.63) is 89.8 Å². The van der Waals surface area contributed by atoms with Gasteiger partial charge in [-0.05, 0) is 65.6 Å². The summed E-state index contributed by atoms with van der Waals surface area (Å²) < 4.78 is 10.5. The molecule has 1 amide bonds. The smallest absolute Gasteiger partial charge is 0.248 e. The molecule has 1 N–H and O–H groups in total. The summed E-state index contributed by atoms with van der Waals surface area (Å²) in [5, 5.41) is 2.86. The zero-order chi connectivity index (χ0) is 19.8. The number of carbonyl (C=O) groups excluding carboxylic acids is 1. The van der Waals surface area contributed by atoms with Gasteiger partial charge in [0.25, 0.3) is 0 Å². The number of pyridine rings is 1. The Kier molecular flexibility index (Phi) is 6.41. The van der Waals surface area contributed by atoms with Crippen LogP contribution in [0.25, 0.3) is 6.08 Å². The van der Waals surface area contributed by atoms with Gasteiger partial charge in [0.05, 0.1) is 14.2 Å². The second-order valence-corrected chi connectivity index (χ2v) is 6.20. The highest BCUT2D eigenvalue weighted by Gasteiger charge is 2.02. The topological polar surface area (TPSA) is 60.5 Å². The first-order chi connectivity index (χ1) is 13.7.